The van der Waals surface area contributed by atoms with E-state index in [-0.39, 0.29) is 23.7 Å². The summed E-state index contributed by atoms with van der Waals surface area (Å²) in [5.41, 5.74) is 1.47. The van der Waals surface area contributed by atoms with Gasteiger partial charge in [-0.25, -0.2) is 9.78 Å². The predicted molar refractivity (Wildman–Crippen MR) is 131 cm³/mol. The van der Waals surface area contributed by atoms with E-state index in [1.807, 2.05) is 22.8 Å². The van der Waals surface area contributed by atoms with E-state index in [0.29, 0.717) is 23.8 Å². The first kappa shape index (κ1) is 24.4. The number of hydrogen-bond donors (Lipinski definition) is 0. The van der Waals surface area contributed by atoms with Gasteiger partial charge in [-0.3, -0.25) is 18.8 Å². The van der Waals surface area contributed by atoms with Gasteiger partial charge in [-0.15, -0.1) is 12.4 Å². The lowest BCUT2D eigenvalue weighted by Crippen LogP contribution is -2.49. The van der Waals surface area contributed by atoms with Crippen LogP contribution in [0.4, 0.5) is 5.69 Å². The van der Waals surface area contributed by atoms with Crippen LogP contribution in [-0.4, -0.2) is 55.8 Å². The van der Waals surface area contributed by atoms with Gasteiger partial charge in [0.2, 0.25) is 0 Å². The van der Waals surface area contributed by atoms with Gasteiger partial charge in [-0.05, 0) is 38.0 Å². The number of halogens is 2. The van der Waals surface area contributed by atoms with E-state index < -0.39 is 0 Å². The van der Waals surface area contributed by atoms with Crippen LogP contribution in [0.15, 0.2) is 40.2 Å². The van der Waals surface area contributed by atoms with Crippen molar-refractivity contribution in [1.29, 1.82) is 0 Å². The van der Waals surface area contributed by atoms with E-state index in [2.05, 4.69) is 27.8 Å². The van der Waals surface area contributed by atoms with E-state index in [9.17, 15) is 9.59 Å². The summed E-state index contributed by atoms with van der Waals surface area (Å²) in [7, 11) is 3.15. The molecule has 0 aliphatic carbocycles. The van der Waals surface area contributed by atoms with Crippen LogP contribution in [0.2, 0.25) is 5.02 Å². The van der Waals surface area contributed by atoms with Crippen LogP contribution in [0.25, 0.3) is 11.2 Å². The smallest absolute Gasteiger partial charge is 0.332 e. The van der Waals surface area contributed by atoms with Crippen molar-refractivity contribution in [3.63, 3.8) is 0 Å². The number of rotatable bonds is 6. The minimum atomic E-state index is -0.353. The van der Waals surface area contributed by atoms with Crippen LogP contribution < -0.4 is 16.1 Å². The van der Waals surface area contributed by atoms with Crippen molar-refractivity contribution in [2.75, 3.05) is 31.1 Å². The fourth-order valence-electron chi connectivity index (χ4n) is 4.40. The van der Waals surface area contributed by atoms with Gasteiger partial charge < -0.3 is 9.47 Å². The second kappa shape index (κ2) is 10.1. The molecule has 10 heteroatoms. The normalized spacial score (nSPS) is 15.7. The van der Waals surface area contributed by atoms with Crippen LogP contribution >= 0.6 is 24.0 Å². The van der Waals surface area contributed by atoms with Gasteiger partial charge in [0.05, 0.1) is 6.33 Å². The van der Waals surface area contributed by atoms with E-state index in [1.165, 1.54) is 17.3 Å². The molecular weight excluding hydrogens is 451 g/mol. The van der Waals surface area contributed by atoms with E-state index >= 15 is 0 Å². The Morgan fingerprint density at radius 1 is 1.09 bits per heavy atom. The molecule has 3 heterocycles. The Morgan fingerprint density at radius 3 is 2.50 bits per heavy atom. The molecule has 0 N–H and O–H groups in total. The van der Waals surface area contributed by atoms with Crippen molar-refractivity contribution in [3.05, 3.63) is 56.5 Å². The quantitative estimate of drug-likeness (QED) is 0.541. The van der Waals surface area contributed by atoms with Gasteiger partial charge in [0.1, 0.15) is 0 Å². The molecule has 1 fully saturated rings. The van der Waals surface area contributed by atoms with Crippen LogP contribution in [0.1, 0.15) is 19.8 Å². The van der Waals surface area contributed by atoms with Gasteiger partial charge in [0.25, 0.3) is 5.56 Å². The van der Waals surface area contributed by atoms with Gasteiger partial charge in [-0.2, -0.15) is 0 Å². The topological polar surface area (TPSA) is 68.3 Å². The van der Waals surface area contributed by atoms with E-state index in [1.54, 1.807) is 13.4 Å². The lowest BCUT2D eigenvalue weighted by molar-refractivity contribution is 0.185. The molecule has 0 spiro atoms. The predicted octanol–water partition coefficient (Wildman–Crippen LogP) is 2.50. The summed E-state index contributed by atoms with van der Waals surface area (Å²) in [6.07, 6.45) is 3.63. The molecule has 0 amide bonds. The molecule has 0 radical (unpaired) electrons. The second-order valence-corrected chi connectivity index (χ2v) is 8.75. The first-order valence-electron chi connectivity index (χ1n) is 10.7. The van der Waals surface area contributed by atoms with Crippen molar-refractivity contribution in [2.24, 2.45) is 14.1 Å². The van der Waals surface area contributed by atoms with E-state index in [0.717, 1.165) is 48.6 Å². The highest BCUT2D eigenvalue weighted by molar-refractivity contribution is 6.30. The number of imidazole rings is 1. The molecule has 2 aromatic heterocycles. The van der Waals surface area contributed by atoms with Crippen LogP contribution in [-0.2, 0) is 20.6 Å². The minimum absolute atomic E-state index is 0. The van der Waals surface area contributed by atoms with Gasteiger partial charge in [0.15, 0.2) is 11.2 Å². The Labute approximate surface area is 198 Å². The number of benzene rings is 1. The number of aromatic nitrogens is 4. The Balaban J connectivity index is 0.00000289. The first-order chi connectivity index (χ1) is 14.9. The summed E-state index contributed by atoms with van der Waals surface area (Å²) in [6, 6.07) is 8.50. The van der Waals surface area contributed by atoms with Crippen LogP contribution in [0.3, 0.4) is 0 Å². The van der Waals surface area contributed by atoms with Gasteiger partial charge in [0, 0.05) is 63.6 Å². The standard InChI is InChI=1S/C22H29ClN6O2.ClH/c1-16(27-10-12-28(13-11-27)18-8-4-7-17(23)14-18)6-5-9-29-15-24-20-19(29)21(30)26(3)22(31)25(20)2;/h4,7-8,14-16H,5-6,9-13H2,1-3H3;1H. The summed E-state index contributed by atoms with van der Waals surface area (Å²) >= 11 is 6.13. The lowest BCUT2D eigenvalue weighted by atomic mass is 10.1. The molecule has 1 atom stereocenters. The van der Waals surface area contributed by atoms with Crippen LogP contribution in [0, 0.1) is 0 Å². The Morgan fingerprint density at radius 2 is 1.81 bits per heavy atom. The molecule has 0 bridgehead atoms. The summed E-state index contributed by atoms with van der Waals surface area (Å²) in [5, 5.41) is 0.773. The summed E-state index contributed by atoms with van der Waals surface area (Å²) in [5.74, 6) is 0. The molecule has 32 heavy (non-hydrogen) atoms. The number of piperazine rings is 1. The first-order valence-corrected chi connectivity index (χ1v) is 11.1. The molecule has 1 aliphatic heterocycles. The number of nitrogens with zero attached hydrogens (tertiary/aromatic N) is 6. The van der Waals surface area contributed by atoms with Gasteiger partial charge >= 0.3 is 5.69 Å². The van der Waals surface area contributed by atoms with Crippen molar-refractivity contribution >= 4 is 40.9 Å². The second-order valence-electron chi connectivity index (χ2n) is 8.31. The SMILES string of the molecule is CC(CCCn1cnc2c1c(=O)n(C)c(=O)n2C)N1CCN(c2cccc(Cl)c2)CC1.Cl. The highest BCUT2D eigenvalue weighted by Gasteiger charge is 2.21. The highest BCUT2D eigenvalue weighted by atomic mass is 35.5. The average molecular weight is 481 g/mol. The van der Waals surface area contributed by atoms with Crippen LogP contribution in [0.5, 0.6) is 0 Å². The molecule has 1 saturated heterocycles. The zero-order valence-electron chi connectivity index (χ0n) is 18.7. The van der Waals surface area contributed by atoms with Crippen molar-refractivity contribution in [1.82, 2.24) is 23.6 Å². The third-order valence-electron chi connectivity index (χ3n) is 6.35. The molecule has 1 unspecified atom stereocenters. The zero-order valence-corrected chi connectivity index (χ0v) is 20.3. The Kier molecular flexibility index (Phi) is 7.69. The maximum atomic E-state index is 12.6. The molecule has 1 aromatic carbocycles. The minimum Gasteiger partial charge on any atom is -0.369 e. The Bertz CT molecular complexity index is 1190. The number of hydrogen-bond acceptors (Lipinski definition) is 5. The Hall–Kier alpha value is -2.29. The third-order valence-corrected chi connectivity index (χ3v) is 6.58. The monoisotopic (exact) mass is 480 g/mol. The number of anilines is 1. The fraction of sp³-hybridized carbons (Fsp3) is 0.500. The molecule has 0 saturated carbocycles. The largest absolute Gasteiger partial charge is 0.369 e. The molecular formula is C22H30Cl2N6O2. The molecule has 174 valence electrons. The third kappa shape index (κ3) is 4.72. The molecule has 4 rings (SSSR count). The molecule has 1 aliphatic rings. The number of fused-ring (bicyclic) bond motifs is 1. The fourth-order valence-corrected chi connectivity index (χ4v) is 4.58. The van der Waals surface area contributed by atoms with Gasteiger partial charge in [-0.1, -0.05) is 17.7 Å². The van der Waals surface area contributed by atoms with Crippen molar-refractivity contribution in [3.8, 4) is 0 Å². The molecule has 3 aromatic rings. The average Bonchev–Trinajstić information content (AvgIpc) is 3.20. The van der Waals surface area contributed by atoms with Crippen molar-refractivity contribution < 1.29 is 0 Å². The summed E-state index contributed by atoms with van der Waals surface area (Å²) < 4.78 is 4.44. The zero-order chi connectivity index (χ0) is 22.1. The molecule has 8 nitrogen and oxygen atoms in total. The summed E-state index contributed by atoms with van der Waals surface area (Å²) in [6.45, 7) is 6.98. The number of aryl methyl sites for hydroxylation is 2. The lowest BCUT2D eigenvalue weighted by Gasteiger charge is -2.39. The van der Waals surface area contributed by atoms with Crippen molar-refractivity contribution in [2.45, 2.75) is 32.4 Å². The highest BCUT2D eigenvalue weighted by Crippen LogP contribution is 2.22. The maximum absolute atomic E-state index is 12.6. The summed E-state index contributed by atoms with van der Waals surface area (Å²) in [4.78, 5) is 33.9. The maximum Gasteiger partial charge on any atom is 0.332 e. The van der Waals surface area contributed by atoms with E-state index in [4.69, 9.17) is 11.6 Å².